The Bertz CT molecular complexity index is 511. The maximum Gasteiger partial charge on any atom is 0.170 e. The number of ether oxygens (including phenoxy) is 10. The second-order valence-electron chi connectivity index (χ2n) is 7.84. The van der Waals surface area contributed by atoms with Crippen molar-refractivity contribution in [3.63, 3.8) is 0 Å². The Morgan fingerprint density at radius 3 is 0.950 bits per heavy atom. The van der Waals surface area contributed by atoms with Gasteiger partial charge < -0.3 is 52.5 Å². The van der Waals surface area contributed by atoms with Crippen molar-refractivity contribution < 1.29 is 61.0 Å². The fourth-order valence-electron chi connectivity index (χ4n) is 2.71. The van der Waals surface area contributed by atoms with Gasteiger partial charge in [-0.25, -0.2) is 4.21 Å². The standard InChI is InChI=1S/C25H53NO13S/c1-3-26(39-40(2)28)4-6-29-8-10-31-12-14-33-16-18-35-20-22-37-24-25-38-23-21-36-19-17-34-15-13-32-11-9-30-7-5-27/h27H,3-25H2,1-2H3. The lowest BCUT2D eigenvalue weighted by Gasteiger charge is -2.17. The molecule has 1 atom stereocenters. The van der Waals surface area contributed by atoms with Gasteiger partial charge in [-0.05, 0) is 0 Å². The summed E-state index contributed by atoms with van der Waals surface area (Å²) in [4.78, 5) is 0. The molecule has 0 aromatic carbocycles. The molecule has 0 bridgehead atoms. The number of hydrogen-bond donors (Lipinski definition) is 1. The highest BCUT2D eigenvalue weighted by molar-refractivity contribution is 7.79. The van der Waals surface area contributed by atoms with Crippen LogP contribution in [0.1, 0.15) is 6.92 Å². The van der Waals surface area contributed by atoms with Gasteiger partial charge in [0.1, 0.15) is 0 Å². The van der Waals surface area contributed by atoms with Crippen LogP contribution >= 0.6 is 0 Å². The minimum absolute atomic E-state index is 0.0236. The maximum absolute atomic E-state index is 11.0. The van der Waals surface area contributed by atoms with Gasteiger partial charge >= 0.3 is 0 Å². The molecule has 0 aliphatic heterocycles. The fraction of sp³-hybridized carbons (Fsp3) is 1.00. The van der Waals surface area contributed by atoms with Gasteiger partial charge in [0.25, 0.3) is 0 Å². The Morgan fingerprint density at radius 2 is 0.725 bits per heavy atom. The first-order valence-corrected chi connectivity index (χ1v) is 15.3. The first-order chi connectivity index (χ1) is 19.7. The lowest BCUT2D eigenvalue weighted by molar-refractivity contribution is -0.0636. The Balaban J connectivity index is 3.10. The summed E-state index contributed by atoms with van der Waals surface area (Å²) in [5.74, 6) is 0. The zero-order chi connectivity index (χ0) is 29.2. The van der Waals surface area contributed by atoms with Gasteiger partial charge in [-0.15, -0.1) is 0 Å². The van der Waals surface area contributed by atoms with E-state index in [1.54, 1.807) is 5.06 Å². The third-order valence-electron chi connectivity index (χ3n) is 4.63. The molecule has 0 spiro atoms. The van der Waals surface area contributed by atoms with Crippen LogP contribution in [0.4, 0.5) is 0 Å². The number of hydrogen-bond acceptors (Lipinski definition) is 14. The van der Waals surface area contributed by atoms with Crippen molar-refractivity contribution in [2.45, 2.75) is 6.92 Å². The summed E-state index contributed by atoms with van der Waals surface area (Å²) in [6, 6.07) is 0. The number of hydroxylamine groups is 2. The number of likely N-dealkylation sites (N-methyl/N-ethyl adjacent to an activating group) is 1. The molecule has 0 aliphatic rings. The van der Waals surface area contributed by atoms with Gasteiger partial charge in [-0.3, -0.25) is 0 Å². The van der Waals surface area contributed by atoms with Crippen LogP contribution < -0.4 is 0 Å². The Hall–Kier alpha value is -0.370. The third kappa shape index (κ3) is 33.8. The monoisotopic (exact) mass is 607 g/mol. The van der Waals surface area contributed by atoms with Crippen molar-refractivity contribution in [1.29, 1.82) is 0 Å². The molecule has 0 aromatic heterocycles. The molecular weight excluding hydrogens is 554 g/mol. The number of aliphatic hydroxyl groups is 1. The molecule has 0 aliphatic carbocycles. The highest BCUT2D eigenvalue weighted by Crippen LogP contribution is 1.93. The maximum atomic E-state index is 11.0. The Kier molecular flexibility index (Phi) is 34.5. The number of nitrogens with zero attached hydrogens (tertiary/aromatic N) is 1. The summed E-state index contributed by atoms with van der Waals surface area (Å²) in [5.41, 5.74) is 0. The van der Waals surface area contributed by atoms with E-state index in [1.807, 2.05) is 6.92 Å². The molecule has 0 amide bonds. The van der Waals surface area contributed by atoms with Crippen molar-refractivity contribution in [3.8, 4) is 0 Å². The van der Waals surface area contributed by atoms with Crippen molar-refractivity contribution in [2.75, 3.05) is 158 Å². The molecule has 0 saturated carbocycles. The highest BCUT2D eigenvalue weighted by atomic mass is 32.2. The molecule has 0 heterocycles. The van der Waals surface area contributed by atoms with Gasteiger partial charge in [0.05, 0.1) is 139 Å². The van der Waals surface area contributed by atoms with E-state index in [0.717, 1.165) is 0 Å². The first-order valence-electron chi connectivity index (χ1n) is 13.9. The van der Waals surface area contributed by atoms with E-state index in [9.17, 15) is 4.21 Å². The average Bonchev–Trinajstić information content (AvgIpc) is 2.95. The summed E-state index contributed by atoms with van der Waals surface area (Å²) >= 11 is -1.32. The fourth-order valence-corrected chi connectivity index (χ4v) is 3.19. The SMILES string of the molecule is CCN(CCOCCOCCOCCOCCOCCOCCOCCOCCOCCOCCO)OS(C)=O. The van der Waals surface area contributed by atoms with E-state index in [-0.39, 0.29) is 6.61 Å². The topological polar surface area (TPSA) is 142 Å². The van der Waals surface area contributed by atoms with E-state index >= 15 is 0 Å². The summed E-state index contributed by atoms with van der Waals surface area (Å²) in [7, 11) is 0. The average molecular weight is 608 g/mol. The van der Waals surface area contributed by atoms with Crippen LogP contribution in [0.2, 0.25) is 0 Å². The smallest absolute Gasteiger partial charge is 0.170 e. The highest BCUT2D eigenvalue weighted by Gasteiger charge is 2.04. The third-order valence-corrected chi connectivity index (χ3v) is 5.05. The van der Waals surface area contributed by atoms with Crippen LogP contribution in [0, 0.1) is 0 Å². The molecule has 15 heteroatoms. The van der Waals surface area contributed by atoms with E-state index in [2.05, 4.69) is 0 Å². The van der Waals surface area contributed by atoms with Crippen LogP contribution in [-0.4, -0.2) is 172 Å². The van der Waals surface area contributed by atoms with Crippen LogP contribution in [0.5, 0.6) is 0 Å². The van der Waals surface area contributed by atoms with Crippen LogP contribution in [0.15, 0.2) is 0 Å². The number of aliphatic hydroxyl groups excluding tert-OH is 1. The summed E-state index contributed by atoms with van der Waals surface area (Å²) in [5, 5.41) is 10.2. The molecular formula is C25H53NO13S. The molecule has 0 radical (unpaired) electrons. The molecule has 242 valence electrons. The normalized spacial score (nSPS) is 12.5. The second kappa shape index (κ2) is 34.8. The summed E-state index contributed by atoms with van der Waals surface area (Å²) in [6.45, 7) is 12.9. The first kappa shape index (κ1) is 39.6. The lowest BCUT2D eigenvalue weighted by atomic mass is 10.6. The minimum Gasteiger partial charge on any atom is -0.394 e. The molecule has 0 aromatic rings. The molecule has 0 fully saturated rings. The van der Waals surface area contributed by atoms with Gasteiger partial charge in [0, 0.05) is 19.3 Å². The summed E-state index contributed by atoms with van der Waals surface area (Å²) < 4.78 is 70.0. The van der Waals surface area contributed by atoms with Crippen molar-refractivity contribution in [1.82, 2.24) is 5.06 Å². The molecule has 1 unspecified atom stereocenters. The minimum atomic E-state index is -1.32. The van der Waals surface area contributed by atoms with E-state index < -0.39 is 11.1 Å². The zero-order valence-corrected chi connectivity index (χ0v) is 25.3. The van der Waals surface area contributed by atoms with Crippen LogP contribution in [0.3, 0.4) is 0 Å². The number of rotatable bonds is 35. The van der Waals surface area contributed by atoms with Gasteiger partial charge in [-0.1, -0.05) is 6.92 Å². The quantitative estimate of drug-likeness (QED) is 0.0743. The predicted octanol–water partition coefficient (Wildman–Crippen LogP) is -0.308. The molecule has 0 saturated heterocycles. The molecule has 14 nitrogen and oxygen atoms in total. The lowest BCUT2D eigenvalue weighted by Crippen LogP contribution is -2.28. The van der Waals surface area contributed by atoms with E-state index in [0.29, 0.717) is 145 Å². The second-order valence-corrected chi connectivity index (χ2v) is 8.80. The zero-order valence-electron chi connectivity index (χ0n) is 24.5. The van der Waals surface area contributed by atoms with E-state index in [1.165, 1.54) is 6.26 Å². The predicted molar refractivity (Wildman–Crippen MR) is 148 cm³/mol. The molecule has 1 N–H and O–H groups in total. The molecule has 0 rings (SSSR count). The van der Waals surface area contributed by atoms with Gasteiger partial charge in [0.2, 0.25) is 0 Å². The Labute approximate surface area is 242 Å². The van der Waals surface area contributed by atoms with Crippen LogP contribution in [-0.2, 0) is 62.7 Å². The summed E-state index contributed by atoms with van der Waals surface area (Å²) in [6.07, 6.45) is 1.49. The van der Waals surface area contributed by atoms with Crippen molar-refractivity contribution >= 4 is 11.1 Å². The van der Waals surface area contributed by atoms with Crippen molar-refractivity contribution in [3.05, 3.63) is 0 Å². The largest absolute Gasteiger partial charge is 0.394 e. The van der Waals surface area contributed by atoms with Gasteiger partial charge in [-0.2, -0.15) is 9.35 Å². The van der Waals surface area contributed by atoms with E-state index in [4.69, 9.17) is 56.8 Å². The van der Waals surface area contributed by atoms with Gasteiger partial charge in [0.15, 0.2) is 11.1 Å². The van der Waals surface area contributed by atoms with Crippen molar-refractivity contribution in [2.24, 2.45) is 0 Å². The van der Waals surface area contributed by atoms with Crippen LogP contribution in [0.25, 0.3) is 0 Å². The Morgan fingerprint density at radius 1 is 0.475 bits per heavy atom. The molecule has 40 heavy (non-hydrogen) atoms.